The topological polar surface area (TPSA) is 12.0 Å². The number of benzene rings is 1. The van der Waals surface area contributed by atoms with Gasteiger partial charge in [-0.25, -0.2) is 0 Å². The number of fused-ring (bicyclic) bond motifs is 2. The van der Waals surface area contributed by atoms with E-state index >= 15 is 0 Å². The van der Waals surface area contributed by atoms with Gasteiger partial charge in [-0.15, -0.1) is 11.8 Å². The quantitative estimate of drug-likeness (QED) is 0.878. The molecule has 2 aliphatic rings. The first kappa shape index (κ1) is 11.6. The van der Waals surface area contributed by atoms with Gasteiger partial charge < -0.3 is 5.32 Å². The van der Waals surface area contributed by atoms with Crippen molar-refractivity contribution in [2.24, 2.45) is 5.92 Å². The standard InChI is InChI=1S/C15H21NS/c1-11(2)16-10-12-9-15(12)7-8-17-14-6-4-3-5-13(14)15/h3-6,11-12,16H,7-10H2,1-2H3. The van der Waals surface area contributed by atoms with Crippen molar-refractivity contribution < 1.29 is 0 Å². The van der Waals surface area contributed by atoms with Gasteiger partial charge in [-0.3, -0.25) is 0 Å². The van der Waals surface area contributed by atoms with Crippen LogP contribution < -0.4 is 5.32 Å². The summed E-state index contributed by atoms with van der Waals surface area (Å²) < 4.78 is 0. The molecule has 1 aromatic rings. The lowest BCUT2D eigenvalue weighted by molar-refractivity contribution is 0.501. The van der Waals surface area contributed by atoms with Crippen LogP contribution in [-0.4, -0.2) is 18.3 Å². The molecule has 0 aromatic heterocycles. The van der Waals surface area contributed by atoms with Crippen LogP contribution in [0.15, 0.2) is 29.2 Å². The number of hydrogen-bond acceptors (Lipinski definition) is 2. The fourth-order valence-corrected chi connectivity index (χ4v) is 4.43. The van der Waals surface area contributed by atoms with Crippen molar-refractivity contribution in [1.29, 1.82) is 0 Å². The molecule has 1 N–H and O–H groups in total. The van der Waals surface area contributed by atoms with Gasteiger partial charge in [-0.05, 0) is 42.7 Å². The second kappa shape index (κ2) is 4.33. The average molecular weight is 247 g/mol. The molecule has 2 atom stereocenters. The van der Waals surface area contributed by atoms with E-state index in [1.54, 1.807) is 5.56 Å². The molecule has 2 unspecified atom stereocenters. The minimum Gasteiger partial charge on any atom is -0.314 e. The molecule has 1 saturated carbocycles. The summed E-state index contributed by atoms with van der Waals surface area (Å²) in [7, 11) is 0. The van der Waals surface area contributed by atoms with Gasteiger partial charge in [-0.1, -0.05) is 32.0 Å². The first-order chi connectivity index (χ1) is 8.22. The molecule has 0 saturated heterocycles. The molecule has 92 valence electrons. The summed E-state index contributed by atoms with van der Waals surface area (Å²) in [5.41, 5.74) is 2.16. The number of rotatable bonds is 3. The van der Waals surface area contributed by atoms with Gasteiger partial charge in [0.05, 0.1) is 0 Å². The Hall–Kier alpha value is -0.470. The van der Waals surface area contributed by atoms with Crippen molar-refractivity contribution in [3.8, 4) is 0 Å². The van der Waals surface area contributed by atoms with Crippen LogP contribution in [0.25, 0.3) is 0 Å². The lowest BCUT2D eigenvalue weighted by atomic mass is 9.90. The van der Waals surface area contributed by atoms with Crippen LogP contribution in [0.1, 0.15) is 32.3 Å². The van der Waals surface area contributed by atoms with Gasteiger partial charge in [0.25, 0.3) is 0 Å². The van der Waals surface area contributed by atoms with Crippen LogP contribution >= 0.6 is 11.8 Å². The summed E-state index contributed by atoms with van der Waals surface area (Å²) in [6.07, 6.45) is 2.77. The molecule has 1 aromatic carbocycles. The summed E-state index contributed by atoms with van der Waals surface area (Å²) in [6, 6.07) is 9.65. The van der Waals surface area contributed by atoms with Crippen LogP contribution in [0.4, 0.5) is 0 Å². The van der Waals surface area contributed by atoms with E-state index in [1.807, 2.05) is 11.8 Å². The molecule has 0 bridgehead atoms. The van der Waals surface area contributed by atoms with Gasteiger partial charge in [0.15, 0.2) is 0 Å². The predicted octanol–water partition coefficient (Wildman–Crippen LogP) is 3.44. The fraction of sp³-hybridized carbons (Fsp3) is 0.600. The van der Waals surface area contributed by atoms with Crippen molar-refractivity contribution in [1.82, 2.24) is 5.32 Å². The van der Waals surface area contributed by atoms with E-state index in [2.05, 4.69) is 43.4 Å². The zero-order valence-electron chi connectivity index (χ0n) is 10.7. The van der Waals surface area contributed by atoms with Crippen LogP contribution in [0.3, 0.4) is 0 Å². The molecule has 0 radical (unpaired) electrons. The Labute approximate surface area is 108 Å². The third kappa shape index (κ3) is 2.02. The first-order valence-electron chi connectivity index (χ1n) is 6.68. The molecule has 1 aliphatic carbocycles. The summed E-state index contributed by atoms with van der Waals surface area (Å²) >= 11 is 2.04. The molecular formula is C15H21NS. The third-order valence-corrected chi connectivity index (χ3v) is 5.31. The summed E-state index contributed by atoms with van der Waals surface area (Å²) in [5, 5.41) is 3.60. The highest BCUT2D eigenvalue weighted by Crippen LogP contribution is 2.61. The SMILES string of the molecule is CC(C)NCC1CC12CCSc1ccccc12. The number of hydrogen-bond donors (Lipinski definition) is 1. The zero-order chi connectivity index (χ0) is 11.9. The Morgan fingerprint density at radius 1 is 1.41 bits per heavy atom. The maximum Gasteiger partial charge on any atom is 0.0110 e. The minimum absolute atomic E-state index is 0.531. The Morgan fingerprint density at radius 2 is 2.24 bits per heavy atom. The Balaban J connectivity index is 1.78. The molecule has 17 heavy (non-hydrogen) atoms. The van der Waals surface area contributed by atoms with E-state index < -0.39 is 0 Å². The monoisotopic (exact) mass is 247 g/mol. The first-order valence-corrected chi connectivity index (χ1v) is 7.66. The largest absolute Gasteiger partial charge is 0.314 e. The second-order valence-electron chi connectivity index (χ2n) is 5.71. The maximum atomic E-state index is 3.60. The molecular weight excluding hydrogens is 226 g/mol. The highest BCUT2D eigenvalue weighted by molar-refractivity contribution is 7.99. The van der Waals surface area contributed by atoms with Gasteiger partial charge in [0.1, 0.15) is 0 Å². The fourth-order valence-electron chi connectivity index (χ4n) is 3.14. The van der Waals surface area contributed by atoms with Gasteiger partial charge in [-0.2, -0.15) is 0 Å². The Bertz CT molecular complexity index is 415. The van der Waals surface area contributed by atoms with Crippen molar-refractivity contribution in [2.45, 2.75) is 43.0 Å². The second-order valence-corrected chi connectivity index (χ2v) is 6.85. The smallest absolute Gasteiger partial charge is 0.0110 e. The van der Waals surface area contributed by atoms with Crippen molar-refractivity contribution in [2.75, 3.05) is 12.3 Å². The van der Waals surface area contributed by atoms with E-state index in [0.29, 0.717) is 11.5 Å². The Morgan fingerprint density at radius 3 is 3.06 bits per heavy atom. The third-order valence-electron chi connectivity index (χ3n) is 4.23. The normalized spacial score (nSPS) is 30.6. The molecule has 1 heterocycles. The van der Waals surface area contributed by atoms with Gasteiger partial charge in [0.2, 0.25) is 0 Å². The molecule has 1 aliphatic heterocycles. The van der Waals surface area contributed by atoms with E-state index in [9.17, 15) is 0 Å². The predicted molar refractivity (Wildman–Crippen MR) is 74.7 cm³/mol. The average Bonchev–Trinajstić information content (AvgIpc) is 3.01. The van der Waals surface area contributed by atoms with Gasteiger partial charge in [0, 0.05) is 16.4 Å². The van der Waals surface area contributed by atoms with E-state index in [0.717, 1.165) is 5.92 Å². The van der Waals surface area contributed by atoms with E-state index in [-0.39, 0.29) is 0 Å². The van der Waals surface area contributed by atoms with Gasteiger partial charge >= 0.3 is 0 Å². The molecule has 1 nitrogen and oxygen atoms in total. The van der Waals surface area contributed by atoms with Crippen LogP contribution in [0, 0.1) is 5.92 Å². The summed E-state index contributed by atoms with van der Waals surface area (Å²) in [6.45, 7) is 5.66. The number of nitrogens with one attached hydrogen (secondary N) is 1. The Kier molecular flexibility index (Phi) is 2.95. The molecule has 2 heteroatoms. The molecule has 1 fully saturated rings. The van der Waals surface area contributed by atoms with E-state index in [4.69, 9.17) is 0 Å². The molecule has 3 rings (SSSR count). The van der Waals surface area contributed by atoms with E-state index in [1.165, 1.54) is 30.0 Å². The zero-order valence-corrected chi connectivity index (χ0v) is 11.5. The van der Waals surface area contributed by atoms with Crippen LogP contribution in [0.5, 0.6) is 0 Å². The lowest BCUT2D eigenvalue weighted by Crippen LogP contribution is -2.28. The molecule has 1 spiro atoms. The summed E-state index contributed by atoms with van der Waals surface area (Å²) in [5.74, 6) is 2.17. The highest BCUT2D eigenvalue weighted by Gasteiger charge is 2.56. The minimum atomic E-state index is 0.531. The lowest BCUT2D eigenvalue weighted by Gasteiger charge is -2.26. The maximum absolute atomic E-state index is 3.60. The summed E-state index contributed by atoms with van der Waals surface area (Å²) in [4.78, 5) is 1.53. The van der Waals surface area contributed by atoms with Crippen LogP contribution in [-0.2, 0) is 5.41 Å². The van der Waals surface area contributed by atoms with Crippen molar-refractivity contribution in [3.63, 3.8) is 0 Å². The van der Waals surface area contributed by atoms with Crippen LogP contribution in [0.2, 0.25) is 0 Å². The molecule has 0 amide bonds. The van der Waals surface area contributed by atoms with Crippen molar-refractivity contribution >= 4 is 11.8 Å². The van der Waals surface area contributed by atoms with Crippen molar-refractivity contribution in [3.05, 3.63) is 29.8 Å². The number of thioether (sulfide) groups is 1. The highest BCUT2D eigenvalue weighted by atomic mass is 32.2.